The summed E-state index contributed by atoms with van der Waals surface area (Å²) in [6, 6.07) is 12.5. The summed E-state index contributed by atoms with van der Waals surface area (Å²) < 4.78 is 34.5. The molecule has 2 aromatic carbocycles. The van der Waals surface area contributed by atoms with Gasteiger partial charge in [0.1, 0.15) is 0 Å². The minimum Gasteiger partial charge on any atom is -0.379 e. The molecular weight excluding hydrogens is 576 g/mol. The number of amides is 1. The number of hydrogen-bond donors (Lipinski definition) is 0. The molecule has 2 aliphatic rings. The maximum Gasteiger partial charge on any atom is 0.260 e. The largest absolute Gasteiger partial charge is 0.379 e. The molecule has 0 aliphatic carbocycles. The second kappa shape index (κ2) is 13.8. The fraction of sp³-hybridized carbons (Fsp3) is 0.481. The van der Waals surface area contributed by atoms with E-state index in [1.165, 1.54) is 11.3 Å². The fourth-order valence-corrected chi connectivity index (χ4v) is 8.06. The van der Waals surface area contributed by atoms with Crippen LogP contribution in [0.1, 0.15) is 36.0 Å². The summed E-state index contributed by atoms with van der Waals surface area (Å²) in [5, 5.41) is 0.654. The molecule has 0 N–H and O–H groups in total. The number of benzene rings is 2. The average molecular weight is 611 g/mol. The number of para-hydroxylation sites is 1. The van der Waals surface area contributed by atoms with Crippen LogP contribution in [-0.4, -0.2) is 87.3 Å². The molecule has 3 heterocycles. The highest BCUT2D eigenvalue weighted by atomic mass is 35.5. The number of rotatable bonds is 8. The fourth-order valence-electron chi connectivity index (χ4n) is 4.90. The highest BCUT2D eigenvalue weighted by Crippen LogP contribution is 2.34. The molecular formula is C27H35ClN4O4S3. The standard InChI is InChI=1S/C27H34N4O4S3.ClH/c1-36-23-7-6-8-24-25(23)28-27(37-24)31(16-15-29-17-19-35-20-18-29)26(32)21-9-11-22(12-10-21)38(33,34)30-13-4-2-3-5-14-30;/h6-12H,2-5,13-20H2,1H3;1H. The van der Waals surface area contributed by atoms with E-state index in [-0.39, 0.29) is 23.2 Å². The summed E-state index contributed by atoms with van der Waals surface area (Å²) in [7, 11) is -3.57. The lowest BCUT2D eigenvalue weighted by molar-refractivity contribution is 0.0391. The molecule has 0 atom stereocenters. The maximum absolute atomic E-state index is 13.8. The van der Waals surface area contributed by atoms with Crippen molar-refractivity contribution in [2.45, 2.75) is 35.5 Å². The van der Waals surface area contributed by atoms with E-state index in [0.29, 0.717) is 50.1 Å². The van der Waals surface area contributed by atoms with Gasteiger partial charge in [-0.25, -0.2) is 13.4 Å². The number of morpholine rings is 1. The Bertz CT molecular complexity index is 1350. The summed E-state index contributed by atoms with van der Waals surface area (Å²) in [6.45, 7) is 5.35. The van der Waals surface area contributed by atoms with Gasteiger partial charge in [-0.1, -0.05) is 30.2 Å². The van der Waals surface area contributed by atoms with Crippen molar-refractivity contribution in [3.63, 3.8) is 0 Å². The van der Waals surface area contributed by atoms with E-state index in [1.807, 2.05) is 24.5 Å². The van der Waals surface area contributed by atoms with Gasteiger partial charge in [-0.3, -0.25) is 14.6 Å². The number of fused-ring (bicyclic) bond motifs is 1. The monoisotopic (exact) mass is 610 g/mol. The first-order chi connectivity index (χ1) is 18.5. The molecule has 12 heteroatoms. The lowest BCUT2D eigenvalue weighted by Gasteiger charge is -2.29. The third-order valence-electron chi connectivity index (χ3n) is 7.11. The Morgan fingerprint density at radius 1 is 1.03 bits per heavy atom. The summed E-state index contributed by atoms with van der Waals surface area (Å²) >= 11 is 3.15. The van der Waals surface area contributed by atoms with Crippen LogP contribution in [0.4, 0.5) is 5.13 Å². The van der Waals surface area contributed by atoms with Crippen molar-refractivity contribution in [3.8, 4) is 0 Å². The van der Waals surface area contributed by atoms with Gasteiger partial charge in [-0.15, -0.1) is 24.2 Å². The number of nitrogens with zero attached hydrogens (tertiary/aromatic N) is 4. The minimum atomic E-state index is -3.57. The van der Waals surface area contributed by atoms with Crippen LogP contribution in [0.2, 0.25) is 0 Å². The molecule has 2 saturated heterocycles. The van der Waals surface area contributed by atoms with Crippen LogP contribution in [0.15, 0.2) is 52.3 Å². The molecule has 0 saturated carbocycles. The molecule has 0 bridgehead atoms. The predicted molar refractivity (Wildman–Crippen MR) is 161 cm³/mol. The lowest BCUT2D eigenvalue weighted by atomic mass is 10.2. The van der Waals surface area contributed by atoms with Crippen molar-refractivity contribution in [1.82, 2.24) is 14.2 Å². The van der Waals surface area contributed by atoms with E-state index in [4.69, 9.17) is 9.72 Å². The SMILES string of the molecule is CSc1cccc2sc(N(CCN3CCOCC3)C(=O)c3ccc(S(=O)(=O)N4CCCCCC4)cc3)nc12.Cl. The molecule has 2 aliphatic heterocycles. The molecule has 1 amide bonds. The number of sulfonamides is 1. The molecule has 212 valence electrons. The molecule has 5 rings (SSSR count). The molecule has 39 heavy (non-hydrogen) atoms. The Kier molecular flexibility index (Phi) is 10.7. The van der Waals surface area contributed by atoms with E-state index in [2.05, 4.69) is 4.90 Å². The van der Waals surface area contributed by atoms with Gasteiger partial charge >= 0.3 is 0 Å². The predicted octanol–water partition coefficient (Wildman–Crippen LogP) is 4.98. The number of hydrogen-bond acceptors (Lipinski definition) is 8. The summed E-state index contributed by atoms with van der Waals surface area (Å²) in [5.41, 5.74) is 1.36. The van der Waals surface area contributed by atoms with Gasteiger partial charge in [-0.05, 0) is 55.5 Å². The van der Waals surface area contributed by atoms with Crippen molar-refractivity contribution >= 4 is 66.8 Å². The number of ether oxygens (including phenoxy) is 1. The van der Waals surface area contributed by atoms with E-state index in [0.717, 1.165) is 53.9 Å². The van der Waals surface area contributed by atoms with Crippen LogP contribution in [0.5, 0.6) is 0 Å². The molecule has 8 nitrogen and oxygen atoms in total. The van der Waals surface area contributed by atoms with E-state index in [1.54, 1.807) is 45.2 Å². The molecule has 3 aromatic rings. The molecule has 0 unspecified atom stereocenters. The molecule has 0 spiro atoms. The second-order valence-corrected chi connectivity index (χ2v) is 13.4. The van der Waals surface area contributed by atoms with Gasteiger partial charge < -0.3 is 4.74 Å². The number of thioether (sulfide) groups is 1. The first-order valence-electron chi connectivity index (χ1n) is 13.1. The van der Waals surface area contributed by atoms with E-state index >= 15 is 0 Å². The Morgan fingerprint density at radius 2 is 1.72 bits per heavy atom. The first-order valence-corrected chi connectivity index (χ1v) is 16.6. The van der Waals surface area contributed by atoms with Gasteiger partial charge in [-0.2, -0.15) is 4.31 Å². The van der Waals surface area contributed by atoms with Gasteiger partial charge in [0.2, 0.25) is 10.0 Å². The van der Waals surface area contributed by atoms with Crippen molar-refractivity contribution in [2.24, 2.45) is 0 Å². The number of anilines is 1. The molecule has 2 fully saturated rings. The number of carbonyl (C=O) groups is 1. The zero-order valence-corrected chi connectivity index (χ0v) is 25.3. The number of aromatic nitrogens is 1. The highest BCUT2D eigenvalue weighted by Gasteiger charge is 2.27. The van der Waals surface area contributed by atoms with Crippen LogP contribution < -0.4 is 4.90 Å². The van der Waals surface area contributed by atoms with E-state index < -0.39 is 10.0 Å². The zero-order chi connectivity index (χ0) is 26.5. The van der Waals surface area contributed by atoms with Crippen molar-refractivity contribution in [2.75, 3.05) is 63.6 Å². The van der Waals surface area contributed by atoms with E-state index in [9.17, 15) is 13.2 Å². The smallest absolute Gasteiger partial charge is 0.260 e. The van der Waals surface area contributed by atoms with Gasteiger partial charge in [0.15, 0.2) is 5.13 Å². The zero-order valence-electron chi connectivity index (χ0n) is 22.1. The lowest BCUT2D eigenvalue weighted by Crippen LogP contribution is -2.43. The first kappa shape index (κ1) is 30.2. The van der Waals surface area contributed by atoms with Gasteiger partial charge in [0.05, 0.1) is 28.3 Å². The van der Waals surface area contributed by atoms with Crippen LogP contribution in [0.25, 0.3) is 10.2 Å². The van der Waals surface area contributed by atoms with Crippen molar-refractivity contribution in [1.29, 1.82) is 0 Å². The maximum atomic E-state index is 13.8. The summed E-state index contributed by atoms with van der Waals surface area (Å²) in [5.74, 6) is -0.179. The van der Waals surface area contributed by atoms with Crippen LogP contribution >= 0.6 is 35.5 Å². The average Bonchev–Trinajstić information content (AvgIpc) is 3.18. The van der Waals surface area contributed by atoms with Crippen LogP contribution in [-0.2, 0) is 14.8 Å². The Hall–Kier alpha value is -1.73. The van der Waals surface area contributed by atoms with Crippen molar-refractivity contribution in [3.05, 3.63) is 48.0 Å². The number of halogens is 1. The van der Waals surface area contributed by atoms with Crippen LogP contribution in [0, 0.1) is 0 Å². The minimum absolute atomic E-state index is 0. The number of carbonyl (C=O) groups excluding carboxylic acids is 1. The third kappa shape index (κ3) is 6.95. The Morgan fingerprint density at radius 3 is 2.38 bits per heavy atom. The van der Waals surface area contributed by atoms with Crippen LogP contribution in [0.3, 0.4) is 0 Å². The van der Waals surface area contributed by atoms with Gasteiger partial charge in [0, 0.05) is 49.7 Å². The quantitative estimate of drug-likeness (QED) is 0.333. The molecule has 0 radical (unpaired) electrons. The van der Waals surface area contributed by atoms with Crippen molar-refractivity contribution < 1.29 is 17.9 Å². The molecule has 1 aromatic heterocycles. The Labute approximate surface area is 245 Å². The normalized spacial score (nSPS) is 17.5. The third-order valence-corrected chi connectivity index (χ3v) is 10.8. The summed E-state index contributed by atoms with van der Waals surface area (Å²) in [4.78, 5) is 24.1. The highest BCUT2D eigenvalue weighted by molar-refractivity contribution is 7.98. The van der Waals surface area contributed by atoms with Gasteiger partial charge in [0.25, 0.3) is 5.91 Å². The second-order valence-electron chi connectivity index (χ2n) is 9.56. The summed E-state index contributed by atoms with van der Waals surface area (Å²) in [6.07, 6.45) is 5.91. The Balaban J connectivity index is 0.00000353. The topological polar surface area (TPSA) is 83.0 Å². The number of thiazole rings is 1.